The summed E-state index contributed by atoms with van der Waals surface area (Å²) in [4.78, 5) is 0. The minimum absolute atomic E-state index is 0.0714. The maximum absolute atomic E-state index is 12.6. The van der Waals surface area contributed by atoms with Crippen LogP contribution in [0.4, 0.5) is 0 Å². The van der Waals surface area contributed by atoms with Crippen molar-refractivity contribution in [2.24, 2.45) is 0 Å². The number of nitrogens with one attached hydrogen (secondary N) is 1. The van der Waals surface area contributed by atoms with Crippen molar-refractivity contribution in [3.05, 3.63) is 0 Å². The largest absolute Gasteiger partial charge is 0.377 e. The molecule has 0 amide bonds. The number of hydrogen-bond acceptors (Lipinski definition) is 4. The van der Waals surface area contributed by atoms with Crippen molar-refractivity contribution in [1.82, 2.24) is 9.62 Å². The minimum atomic E-state index is -3.20. The number of nitrogens with zero attached hydrogens (tertiary/aromatic N) is 1. The number of hydrogen-bond donors (Lipinski definition) is 1. The maximum Gasteiger partial charge on any atom is 0.218 e. The first kappa shape index (κ1) is 16.2. The lowest BCUT2D eigenvalue weighted by Gasteiger charge is -2.33. The second kappa shape index (κ2) is 7.20. The number of piperidine rings is 1. The lowest BCUT2D eigenvalue weighted by Crippen LogP contribution is -2.48. The van der Waals surface area contributed by atoms with Crippen LogP contribution >= 0.6 is 0 Å². The molecule has 5 nitrogen and oxygen atoms in total. The summed E-state index contributed by atoms with van der Waals surface area (Å²) in [5, 5.41) is 2.96. The number of sulfonamides is 1. The maximum atomic E-state index is 12.6. The molecule has 2 rings (SSSR count). The van der Waals surface area contributed by atoms with Gasteiger partial charge in [0.2, 0.25) is 10.0 Å². The molecule has 0 aromatic rings. The zero-order valence-electron chi connectivity index (χ0n) is 12.7. The number of ether oxygens (including phenoxy) is 1. The molecule has 6 heteroatoms. The van der Waals surface area contributed by atoms with Crippen LogP contribution in [0.1, 0.15) is 46.0 Å². The Morgan fingerprint density at radius 1 is 1.35 bits per heavy atom. The van der Waals surface area contributed by atoms with E-state index in [2.05, 4.69) is 12.2 Å². The third-order valence-electron chi connectivity index (χ3n) is 4.04. The summed E-state index contributed by atoms with van der Waals surface area (Å²) in [7, 11) is -3.20. The van der Waals surface area contributed by atoms with Gasteiger partial charge in [-0.15, -0.1) is 0 Å². The van der Waals surface area contributed by atoms with Gasteiger partial charge in [-0.25, -0.2) is 8.42 Å². The molecular weight excluding hydrogens is 276 g/mol. The monoisotopic (exact) mass is 304 g/mol. The van der Waals surface area contributed by atoms with Crippen molar-refractivity contribution in [3.63, 3.8) is 0 Å². The second-order valence-corrected chi connectivity index (χ2v) is 8.38. The molecule has 0 aromatic heterocycles. The average Bonchev–Trinajstić information content (AvgIpc) is 3.27. The van der Waals surface area contributed by atoms with E-state index in [1.54, 1.807) is 11.2 Å². The predicted octanol–water partition coefficient (Wildman–Crippen LogP) is 1.35. The van der Waals surface area contributed by atoms with E-state index >= 15 is 0 Å². The quantitative estimate of drug-likeness (QED) is 0.735. The van der Waals surface area contributed by atoms with Crippen molar-refractivity contribution < 1.29 is 13.2 Å². The average molecular weight is 304 g/mol. The molecule has 2 fully saturated rings. The van der Waals surface area contributed by atoms with Crippen LogP contribution in [0.15, 0.2) is 0 Å². The fraction of sp³-hybridized carbons (Fsp3) is 1.00. The normalized spacial score (nSPS) is 26.6. The summed E-state index contributed by atoms with van der Waals surface area (Å²) < 4.78 is 32.5. The molecule has 20 heavy (non-hydrogen) atoms. The van der Waals surface area contributed by atoms with E-state index in [9.17, 15) is 8.42 Å². The lowest BCUT2D eigenvalue weighted by atomic mass is 10.1. The van der Waals surface area contributed by atoms with Crippen LogP contribution in [0.25, 0.3) is 0 Å². The Bertz CT molecular complexity index is 395. The highest BCUT2D eigenvalue weighted by molar-refractivity contribution is 7.89. The van der Waals surface area contributed by atoms with E-state index in [1.165, 1.54) is 12.8 Å². The zero-order chi connectivity index (χ0) is 14.6. The van der Waals surface area contributed by atoms with Crippen molar-refractivity contribution >= 4 is 10.0 Å². The Balaban J connectivity index is 1.86. The fourth-order valence-electron chi connectivity index (χ4n) is 2.54. The van der Waals surface area contributed by atoms with E-state index < -0.39 is 10.0 Å². The first-order valence-corrected chi connectivity index (χ1v) is 9.38. The van der Waals surface area contributed by atoms with Crippen LogP contribution in [-0.4, -0.2) is 56.4 Å². The Morgan fingerprint density at radius 3 is 2.75 bits per heavy atom. The third-order valence-corrected chi connectivity index (χ3v) is 6.27. The van der Waals surface area contributed by atoms with Crippen LogP contribution in [0.3, 0.4) is 0 Å². The smallest absolute Gasteiger partial charge is 0.218 e. The highest BCUT2D eigenvalue weighted by Gasteiger charge is 2.34. The van der Waals surface area contributed by atoms with Gasteiger partial charge < -0.3 is 10.1 Å². The topological polar surface area (TPSA) is 58.6 Å². The van der Waals surface area contributed by atoms with Crippen LogP contribution in [0.5, 0.6) is 0 Å². The van der Waals surface area contributed by atoms with E-state index in [-0.39, 0.29) is 11.4 Å². The van der Waals surface area contributed by atoms with Crippen molar-refractivity contribution in [1.29, 1.82) is 0 Å². The Labute approximate surface area is 123 Å². The van der Waals surface area contributed by atoms with Gasteiger partial charge in [0.05, 0.1) is 11.4 Å². The number of rotatable bonds is 8. The summed E-state index contributed by atoms with van der Waals surface area (Å²) in [6, 6.07) is 0.551. The molecule has 1 N–H and O–H groups in total. The Morgan fingerprint density at radius 2 is 2.10 bits per heavy atom. The molecule has 1 saturated heterocycles. The summed E-state index contributed by atoms with van der Waals surface area (Å²) in [6.45, 7) is 6.32. The SMILES string of the molecule is CCCOC1CCCN(S(=O)(=O)C(C)CNC2CC2)C1. The summed E-state index contributed by atoms with van der Waals surface area (Å²) in [5.41, 5.74) is 0. The third kappa shape index (κ3) is 4.41. The van der Waals surface area contributed by atoms with E-state index in [4.69, 9.17) is 4.74 Å². The molecular formula is C14H28N2O3S. The van der Waals surface area contributed by atoms with E-state index in [1.807, 2.05) is 0 Å². The molecule has 1 heterocycles. The molecule has 2 unspecified atom stereocenters. The molecule has 0 radical (unpaired) electrons. The summed E-state index contributed by atoms with van der Waals surface area (Å²) in [6.07, 6.45) is 5.29. The lowest BCUT2D eigenvalue weighted by molar-refractivity contribution is 0.0192. The molecule has 1 aliphatic heterocycles. The van der Waals surface area contributed by atoms with E-state index in [0.29, 0.717) is 25.7 Å². The molecule has 1 saturated carbocycles. The standard InChI is InChI=1S/C14H28N2O3S/c1-3-9-19-14-5-4-8-16(11-14)20(17,18)12(2)10-15-13-6-7-13/h12-15H,3-11H2,1-2H3. The van der Waals surface area contributed by atoms with Crippen LogP contribution in [-0.2, 0) is 14.8 Å². The van der Waals surface area contributed by atoms with Gasteiger partial charge >= 0.3 is 0 Å². The first-order chi connectivity index (χ1) is 9.54. The van der Waals surface area contributed by atoms with Gasteiger partial charge in [0.1, 0.15) is 0 Å². The highest BCUT2D eigenvalue weighted by Crippen LogP contribution is 2.21. The van der Waals surface area contributed by atoms with Crippen LogP contribution in [0.2, 0.25) is 0 Å². The van der Waals surface area contributed by atoms with Crippen molar-refractivity contribution in [3.8, 4) is 0 Å². The molecule has 1 aliphatic carbocycles. The molecule has 0 spiro atoms. The molecule has 118 valence electrons. The fourth-order valence-corrected chi connectivity index (χ4v) is 4.11. The van der Waals surface area contributed by atoms with Gasteiger partial charge in [0.25, 0.3) is 0 Å². The molecule has 2 aliphatic rings. The summed E-state index contributed by atoms with van der Waals surface area (Å²) in [5.74, 6) is 0. The van der Waals surface area contributed by atoms with Gasteiger partial charge in [-0.3, -0.25) is 0 Å². The second-order valence-electron chi connectivity index (χ2n) is 6.03. The van der Waals surface area contributed by atoms with E-state index in [0.717, 1.165) is 25.9 Å². The molecule has 2 atom stereocenters. The predicted molar refractivity (Wildman–Crippen MR) is 80.2 cm³/mol. The zero-order valence-corrected chi connectivity index (χ0v) is 13.5. The van der Waals surface area contributed by atoms with Gasteiger partial charge in [0.15, 0.2) is 0 Å². The Hall–Kier alpha value is -0.170. The van der Waals surface area contributed by atoms with Crippen LogP contribution in [0, 0.1) is 0 Å². The van der Waals surface area contributed by atoms with Crippen molar-refractivity contribution in [2.75, 3.05) is 26.2 Å². The van der Waals surface area contributed by atoms with Gasteiger partial charge in [-0.1, -0.05) is 6.92 Å². The Kier molecular flexibility index (Phi) is 5.84. The van der Waals surface area contributed by atoms with Crippen molar-refractivity contribution in [2.45, 2.75) is 63.3 Å². The molecule has 0 bridgehead atoms. The van der Waals surface area contributed by atoms with Gasteiger partial charge in [-0.2, -0.15) is 4.31 Å². The molecule has 0 aromatic carbocycles. The van der Waals surface area contributed by atoms with Crippen LogP contribution < -0.4 is 5.32 Å². The summed E-state index contributed by atoms with van der Waals surface area (Å²) >= 11 is 0. The minimum Gasteiger partial charge on any atom is -0.377 e. The van der Waals surface area contributed by atoms with Gasteiger partial charge in [0, 0.05) is 32.3 Å². The first-order valence-electron chi connectivity index (χ1n) is 7.88. The van der Waals surface area contributed by atoms with Gasteiger partial charge in [-0.05, 0) is 39.0 Å². The highest BCUT2D eigenvalue weighted by atomic mass is 32.2.